The maximum absolute atomic E-state index is 12.0. The third-order valence-corrected chi connectivity index (χ3v) is 3.72. The van der Waals surface area contributed by atoms with E-state index in [-0.39, 0.29) is 24.4 Å². The number of amides is 1. The second-order valence-electron chi connectivity index (χ2n) is 5.16. The Hall–Kier alpha value is -1.88. The van der Waals surface area contributed by atoms with Crippen LogP contribution in [0.1, 0.15) is 18.4 Å². The van der Waals surface area contributed by atoms with E-state index in [2.05, 4.69) is 0 Å². The minimum absolute atomic E-state index is 0.0192. The van der Waals surface area contributed by atoms with E-state index in [1.54, 1.807) is 4.90 Å². The van der Waals surface area contributed by atoms with E-state index >= 15 is 0 Å². The van der Waals surface area contributed by atoms with Crippen LogP contribution in [-0.2, 0) is 25.7 Å². The van der Waals surface area contributed by atoms with Crippen LogP contribution in [0.15, 0.2) is 30.3 Å². The van der Waals surface area contributed by atoms with Gasteiger partial charge in [0.25, 0.3) is 0 Å². The summed E-state index contributed by atoms with van der Waals surface area (Å²) in [5, 5.41) is 0. The Labute approximate surface area is 124 Å². The monoisotopic (exact) mass is 291 g/mol. The maximum Gasteiger partial charge on any atom is 0.308 e. The van der Waals surface area contributed by atoms with Crippen molar-refractivity contribution >= 4 is 11.9 Å². The van der Waals surface area contributed by atoms with E-state index in [0.717, 1.165) is 5.56 Å². The lowest BCUT2D eigenvalue weighted by Gasteiger charge is -2.30. The van der Waals surface area contributed by atoms with Crippen LogP contribution in [0.4, 0.5) is 0 Å². The Morgan fingerprint density at radius 3 is 2.48 bits per heavy atom. The Bertz CT molecular complexity index is 466. The van der Waals surface area contributed by atoms with Crippen LogP contribution in [0.2, 0.25) is 0 Å². The highest BCUT2D eigenvalue weighted by atomic mass is 16.5. The fourth-order valence-corrected chi connectivity index (χ4v) is 2.45. The summed E-state index contributed by atoms with van der Waals surface area (Å²) in [6.45, 7) is 1.70. The van der Waals surface area contributed by atoms with Crippen molar-refractivity contribution in [3.8, 4) is 0 Å². The van der Waals surface area contributed by atoms with Gasteiger partial charge in [-0.25, -0.2) is 0 Å². The first-order valence-corrected chi connectivity index (χ1v) is 7.18. The van der Waals surface area contributed by atoms with Gasteiger partial charge in [-0.15, -0.1) is 0 Å². The van der Waals surface area contributed by atoms with Crippen LogP contribution < -0.4 is 0 Å². The Kier molecular flexibility index (Phi) is 5.75. The number of nitrogens with zero attached hydrogens (tertiary/aromatic N) is 1. The number of rotatable bonds is 5. The standard InChI is InChI=1S/C16H21NO4/c1-20-16(19)14-7-9-17(10-8-14)15(18)12-21-11-13-5-3-2-4-6-13/h2-6,14H,7-12H2,1H3. The zero-order chi connectivity index (χ0) is 15.1. The minimum Gasteiger partial charge on any atom is -0.469 e. The van der Waals surface area contributed by atoms with E-state index in [1.807, 2.05) is 30.3 Å². The fraction of sp³-hybridized carbons (Fsp3) is 0.500. The van der Waals surface area contributed by atoms with Crippen molar-refractivity contribution in [1.29, 1.82) is 0 Å². The number of esters is 1. The van der Waals surface area contributed by atoms with Crippen LogP contribution in [0, 0.1) is 5.92 Å². The summed E-state index contributed by atoms with van der Waals surface area (Å²) in [7, 11) is 1.40. The summed E-state index contributed by atoms with van der Waals surface area (Å²) in [6, 6.07) is 9.76. The van der Waals surface area contributed by atoms with Crippen molar-refractivity contribution < 1.29 is 19.1 Å². The van der Waals surface area contributed by atoms with Gasteiger partial charge in [0.1, 0.15) is 6.61 Å². The van der Waals surface area contributed by atoms with E-state index in [9.17, 15) is 9.59 Å². The molecule has 0 aromatic heterocycles. The number of likely N-dealkylation sites (tertiary alicyclic amines) is 1. The molecular formula is C16H21NO4. The van der Waals surface area contributed by atoms with Gasteiger partial charge in [0.15, 0.2) is 0 Å². The summed E-state index contributed by atoms with van der Waals surface area (Å²) in [5.74, 6) is -0.277. The molecule has 1 saturated heterocycles. The van der Waals surface area contributed by atoms with Gasteiger partial charge in [-0.05, 0) is 18.4 Å². The van der Waals surface area contributed by atoms with Crippen molar-refractivity contribution in [3.05, 3.63) is 35.9 Å². The highest BCUT2D eigenvalue weighted by Crippen LogP contribution is 2.18. The lowest BCUT2D eigenvalue weighted by Crippen LogP contribution is -2.42. The average molecular weight is 291 g/mol. The molecule has 5 nitrogen and oxygen atoms in total. The molecule has 0 spiro atoms. The molecule has 5 heteroatoms. The summed E-state index contributed by atoms with van der Waals surface area (Å²) in [6.07, 6.45) is 1.33. The minimum atomic E-state index is -0.178. The first kappa shape index (κ1) is 15.5. The fourth-order valence-electron chi connectivity index (χ4n) is 2.45. The Morgan fingerprint density at radius 2 is 1.86 bits per heavy atom. The lowest BCUT2D eigenvalue weighted by atomic mass is 9.97. The molecule has 2 rings (SSSR count). The molecule has 0 unspecified atom stereocenters. The summed E-state index contributed by atoms with van der Waals surface area (Å²) >= 11 is 0. The predicted molar refractivity (Wildman–Crippen MR) is 77.4 cm³/mol. The molecule has 0 bridgehead atoms. The highest BCUT2D eigenvalue weighted by molar-refractivity contribution is 5.78. The maximum atomic E-state index is 12.0. The molecule has 21 heavy (non-hydrogen) atoms. The van der Waals surface area contributed by atoms with Crippen molar-refractivity contribution in [3.63, 3.8) is 0 Å². The van der Waals surface area contributed by atoms with Crippen molar-refractivity contribution in [2.24, 2.45) is 5.92 Å². The Morgan fingerprint density at radius 1 is 1.19 bits per heavy atom. The van der Waals surface area contributed by atoms with Crippen LogP contribution in [0.25, 0.3) is 0 Å². The molecule has 0 saturated carbocycles. The highest BCUT2D eigenvalue weighted by Gasteiger charge is 2.27. The van der Waals surface area contributed by atoms with E-state index in [4.69, 9.17) is 9.47 Å². The molecule has 1 aliphatic heterocycles. The number of hydrogen-bond acceptors (Lipinski definition) is 4. The number of carbonyl (C=O) groups is 2. The topological polar surface area (TPSA) is 55.8 Å². The van der Waals surface area contributed by atoms with Crippen LogP contribution in [0.3, 0.4) is 0 Å². The number of benzene rings is 1. The third-order valence-electron chi connectivity index (χ3n) is 3.72. The zero-order valence-corrected chi connectivity index (χ0v) is 12.3. The van der Waals surface area contributed by atoms with Gasteiger partial charge in [0.05, 0.1) is 19.6 Å². The SMILES string of the molecule is COC(=O)C1CCN(C(=O)COCc2ccccc2)CC1. The van der Waals surface area contributed by atoms with Gasteiger partial charge in [-0.1, -0.05) is 30.3 Å². The van der Waals surface area contributed by atoms with Crippen LogP contribution >= 0.6 is 0 Å². The van der Waals surface area contributed by atoms with Gasteiger partial charge in [-0.2, -0.15) is 0 Å². The predicted octanol–water partition coefficient (Wildman–Crippen LogP) is 1.61. The smallest absolute Gasteiger partial charge is 0.308 e. The zero-order valence-electron chi connectivity index (χ0n) is 12.3. The molecule has 1 aromatic carbocycles. The van der Waals surface area contributed by atoms with Crippen LogP contribution in [-0.4, -0.2) is 43.6 Å². The number of piperidine rings is 1. The summed E-state index contributed by atoms with van der Waals surface area (Å²) in [5.41, 5.74) is 1.05. The molecule has 0 aliphatic carbocycles. The normalized spacial score (nSPS) is 15.8. The number of carbonyl (C=O) groups excluding carboxylic acids is 2. The molecule has 0 radical (unpaired) electrons. The number of hydrogen-bond donors (Lipinski definition) is 0. The van der Waals surface area contributed by atoms with Crippen molar-refractivity contribution in [2.45, 2.75) is 19.4 Å². The molecular weight excluding hydrogens is 270 g/mol. The molecule has 114 valence electrons. The molecule has 1 amide bonds. The molecule has 0 atom stereocenters. The van der Waals surface area contributed by atoms with Gasteiger partial charge in [-0.3, -0.25) is 9.59 Å². The Balaban J connectivity index is 1.69. The van der Waals surface area contributed by atoms with Crippen LogP contribution in [0.5, 0.6) is 0 Å². The van der Waals surface area contributed by atoms with Crippen molar-refractivity contribution in [1.82, 2.24) is 4.90 Å². The molecule has 0 N–H and O–H groups in total. The van der Waals surface area contributed by atoms with Gasteiger partial charge >= 0.3 is 5.97 Å². The summed E-state index contributed by atoms with van der Waals surface area (Å²) in [4.78, 5) is 25.2. The van der Waals surface area contributed by atoms with Gasteiger partial charge < -0.3 is 14.4 Å². The second kappa shape index (κ2) is 7.78. The lowest BCUT2D eigenvalue weighted by molar-refractivity contribution is -0.149. The average Bonchev–Trinajstić information content (AvgIpc) is 2.55. The molecule has 1 aliphatic rings. The van der Waals surface area contributed by atoms with E-state index in [1.165, 1.54) is 7.11 Å². The quantitative estimate of drug-likeness (QED) is 0.774. The van der Waals surface area contributed by atoms with E-state index < -0.39 is 0 Å². The van der Waals surface area contributed by atoms with E-state index in [0.29, 0.717) is 32.5 Å². The molecule has 1 aromatic rings. The first-order chi connectivity index (χ1) is 10.2. The third kappa shape index (κ3) is 4.56. The number of methoxy groups -OCH3 is 1. The van der Waals surface area contributed by atoms with Crippen molar-refractivity contribution in [2.75, 3.05) is 26.8 Å². The molecule has 1 fully saturated rings. The first-order valence-electron chi connectivity index (χ1n) is 7.18. The largest absolute Gasteiger partial charge is 0.469 e. The summed E-state index contributed by atoms with van der Waals surface area (Å²) < 4.78 is 10.2. The van der Waals surface area contributed by atoms with Gasteiger partial charge in [0.2, 0.25) is 5.91 Å². The van der Waals surface area contributed by atoms with Gasteiger partial charge in [0, 0.05) is 13.1 Å². The molecule has 1 heterocycles. The number of ether oxygens (including phenoxy) is 2. The second-order valence-corrected chi connectivity index (χ2v) is 5.16.